The van der Waals surface area contributed by atoms with E-state index < -0.39 is 5.97 Å². The minimum atomic E-state index is -0.450. The van der Waals surface area contributed by atoms with Gasteiger partial charge >= 0.3 is 5.97 Å². The van der Waals surface area contributed by atoms with E-state index in [4.69, 9.17) is 41.9 Å². The first-order valence-electron chi connectivity index (χ1n) is 12.3. The van der Waals surface area contributed by atoms with E-state index in [0.29, 0.717) is 50.2 Å². The van der Waals surface area contributed by atoms with Gasteiger partial charge in [-0.05, 0) is 66.1 Å². The fourth-order valence-corrected chi connectivity index (χ4v) is 4.94. The van der Waals surface area contributed by atoms with Crippen LogP contribution in [0.1, 0.15) is 40.4 Å². The van der Waals surface area contributed by atoms with Crippen molar-refractivity contribution in [1.82, 2.24) is 10.1 Å². The smallest absolute Gasteiger partial charge is 0.339 e. The zero-order valence-electron chi connectivity index (χ0n) is 20.8. The van der Waals surface area contributed by atoms with E-state index in [9.17, 15) is 4.79 Å². The largest absolute Gasteiger partial charge is 0.489 e. The summed E-state index contributed by atoms with van der Waals surface area (Å²) in [4.78, 5) is 15.8. The number of hydrogen-bond donors (Lipinski definition) is 0. The fraction of sp³-hybridized carbons (Fsp3) is 0.167. The molecule has 6 rings (SSSR count). The van der Waals surface area contributed by atoms with Crippen LogP contribution in [-0.2, 0) is 11.3 Å². The van der Waals surface area contributed by atoms with Crippen LogP contribution in [0.3, 0.4) is 0 Å². The van der Waals surface area contributed by atoms with Crippen LogP contribution in [0.5, 0.6) is 17.4 Å². The lowest BCUT2D eigenvalue weighted by Crippen LogP contribution is -2.01. The second-order valence-electron chi connectivity index (χ2n) is 9.18. The van der Waals surface area contributed by atoms with Gasteiger partial charge in [0.25, 0.3) is 0 Å². The van der Waals surface area contributed by atoms with Crippen LogP contribution in [0.4, 0.5) is 0 Å². The van der Waals surface area contributed by atoms with Crippen LogP contribution in [0.25, 0.3) is 22.0 Å². The molecule has 1 aliphatic rings. The normalized spacial score (nSPS) is 12.9. The summed E-state index contributed by atoms with van der Waals surface area (Å²) in [7, 11) is 1.33. The lowest BCUT2D eigenvalue weighted by molar-refractivity contribution is 0.0600. The molecule has 3 aromatic carbocycles. The predicted octanol–water partition coefficient (Wildman–Crippen LogP) is 8.23. The molecule has 0 bridgehead atoms. The summed E-state index contributed by atoms with van der Waals surface area (Å²) in [5, 5.41) is 7.30. The molecule has 7 nitrogen and oxygen atoms in total. The van der Waals surface area contributed by atoms with Gasteiger partial charge in [0.1, 0.15) is 29.6 Å². The van der Waals surface area contributed by atoms with E-state index in [-0.39, 0.29) is 6.61 Å². The summed E-state index contributed by atoms with van der Waals surface area (Å²) in [5.74, 6) is 2.42. The number of hydrogen-bond acceptors (Lipinski definition) is 7. The Balaban J connectivity index is 1.20. The number of pyridine rings is 1. The number of carbonyl (C=O) groups excluding carboxylic acids is 1. The monoisotopic (exact) mass is 560 g/mol. The van der Waals surface area contributed by atoms with Crippen LogP contribution in [0, 0.1) is 0 Å². The number of benzene rings is 3. The quantitative estimate of drug-likeness (QED) is 0.177. The van der Waals surface area contributed by atoms with Crippen molar-refractivity contribution in [3.8, 4) is 28.6 Å². The molecule has 2 aromatic heterocycles. The van der Waals surface area contributed by atoms with Crippen LogP contribution in [0.2, 0.25) is 10.0 Å². The molecule has 0 saturated heterocycles. The van der Waals surface area contributed by atoms with Crippen molar-refractivity contribution >= 4 is 39.9 Å². The molecule has 1 saturated carbocycles. The molecule has 9 heteroatoms. The maximum atomic E-state index is 11.6. The SMILES string of the molecule is COC(=O)c1ccc(Oc2ccc3cc(OCc4c(-c5c(Cl)cccc5Cl)noc4C4CC4)ccc3c2)nc1. The summed E-state index contributed by atoms with van der Waals surface area (Å²) in [6.07, 6.45) is 3.54. The molecule has 0 spiro atoms. The van der Waals surface area contributed by atoms with Gasteiger partial charge in [-0.1, -0.05) is 46.6 Å². The summed E-state index contributed by atoms with van der Waals surface area (Å²) in [5.41, 5.74) is 2.48. The van der Waals surface area contributed by atoms with Gasteiger partial charge in [0, 0.05) is 23.7 Å². The molecule has 1 aliphatic carbocycles. The Morgan fingerprint density at radius 2 is 1.69 bits per heavy atom. The average molecular weight is 561 g/mol. The van der Waals surface area contributed by atoms with Gasteiger partial charge in [-0.15, -0.1) is 0 Å². The van der Waals surface area contributed by atoms with Gasteiger partial charge in [0.05, 0.1) is 28.3 Å². The highest BCUT2D eigenvalue weighted by atomic mass is 35.5. The Morgan fingerprint density at radius 1 is 0.974 bits per heavy atom. The molecular formula is C30H22Cl2N2O5. The van der Waals surface area contributed by atoms with E-state index in [0.717, 1.165) is 34.9 Å². The molecule has 0 N–H and O–H groups in total. The predicted molar refractivity (Wildman–Crippen MR) is 148 cm³/mol. The molecule has 0 unspecified atom stereocenters. The first-order valence-corrected chi connectivity index (χ1v) is 13.1. The van der Waals surface area contributed by atoms with E-state index in [1.165, 1.54) is 13.3 Å². The van der Waals surface area contributed by atoms with E-state index in [1.807, 2.05) is 36.4 Å². The van der Waals surface area contributed by atoms with Crippen molar-refractivity contribution < 1.29 is 23.5 Å². The van der Waals surface area contributed by atoms with Crippen molar-refractivity contribution in [2.24, 2.45) is 0 Å². The van der Waals surface area contributed by atoms with Gasteiger partial charge in [-0.2, -0.15) is 0 Å². The number of rotatable bonds is 8. The number of fused-ring (bicyclic) bond motifs is 1. The van der Waals surface area contributed by atoms with Crippen molar-refractivity contribution in [1.29, 1.82) is 0 Å². The molecule has 39 heavy (non-hydrogen) atoms. The Labute approximate surface area is 234 Å². The van der Waals surface area contributed by atoms with Crippen LogP contribution in [-0.4, -0.2) is 23.2 Å². The maximum Gasteiger partial charge on any atom is 0.339 e. The van der Waals surface area contributed by atoms with Crippen molar-refractivity contribution in [3.05, 3.63) is 99.9 Å². The summed E-state index contributed by atoms with van der Waals surface area (Å²) >= 11 is 12.9. The first kappa shape index (κ1) is 25.2. The second-order valence-corrected chi connectivity index (χ2v) is 10.00. The molecule has 0 aliphatic heterocycles. The fourth-order valence-electron chi connectivity index (χ4n) is 4.36. The Morgan fingerprint density at radius 3 is 2.36 bits per heavy atom. The van der Waals surface area contributed by atoms with Gasteiger partial charge in [0.15, 0.2) is 0 Å². The van der Waals surface area contributed by atoms with E-state index >= 15 is 0 Å². The van der Waals surface area contributed by atoms with Gasteiger partial charge < -0.3 is 18.7 Å². The molecular weight excluding hydrogens is 539 g/mol. The third-order valence-electron chi connectivity index (χ3n) is 6.51. The van der Waals surface area contributed by atoms with Crippen LogP contribution < -0.4 is 9.47 Å². The second kappa shape index (κ2) is 10.6. The lowest BCUT2D eigenvalue weighted by Gasteiger charge is -2.11. The Kier molecular flexibility index (Phi) is 6.85. The van der Waals surface area contributed by atoms with Crippen LogP contribution in [0.15, 0.2) is 77.4 Å². The molecule has 1 fully saturated rings. The highest BCUT2D eigenvalue weighted by molar-refractivity contribution is 6.39. The highest BCUT2D eigenvalue weighted by Gasteiger charge is 2.33. The molecule has 0 atom stereocenters. The molecule has 0 amide bonds. The zero-order valence-corrected chi connectivity index (χ0v) is 22.3. The third kappa shape index (κ3) is 5.28. The summed E-state index contributed by atoms with van der Waals surface area (Å²) < 4.78 is 22.5. The number of carbonyl (C=O) groups is 1. The topological polar surface area (TPSA) is 83.7 Å². The number of methoxy groups -OCH3 is 1. The van der Waals surface area contributed by atoms with Gasteiger partial charge in [-0.25, -0.2) is 9.78 Å². The minimum Gasteiger partial charge on any atom is -0.489 e. The van der Waals surface area contributed by atoms with Crippen molar-refractivity contribution in [2.45, 2.75) is 25.4 Å². The number of nitrogens with zero attached hydrogens (tertiary/aromatic N) is 2. The minimum absolute atomic E-state index is 0.270. The molecule has 0 radical (unpaired) electrons. The summed E-state index contributed by atoms with van der Waals surface area (Å²) in [6, 6.07) is 20.2. The van der Waals surface area contributed by atoms with Crippen molar-refractivity contribution in [3.63, 3.8) is 0 Å². The first-order chi connectivity index (χ1) is 19.0. The molecule has 2 heterocycles. The Hall–Kier alpha value is -4.07. The molecule has 5 aromatic rings. The van der Waals surface area contributed by atoms with Gasteiger partial charge in [0.2, 0.25) is 5.88 Å². The highest BCUT2D eigenvalue weighted by Crippen LogP contribution is 2.46. The number of esters is 1. The summed E-state index contributed by atoms with van der Waals surface area (Å²) in [6.45, 7) is 0.270. The molecule has 196 valence electrons. The van der Waals surface area contributed by atoms with Gasteiger partial charge in [-0.3, -0.25) is 0 Å². The zero-order chi connectivity index (χ0) is 26.9. The van der Waals surface area contributed by atoms with E-state index in [2.05, 4.69) is 10.1 Å². The maximum absolute atomic E-state index is 11.6. The third-order valence-corrected chi connectivity index (χ3v) is 7.14. The number of ether oxygens (including phenoxy) is 3. The van der Waals surface area contributed by atoms with Crippen LogP contribution >= 0.6 is 23.2 Å². The standard InChI is InChI=1S/C30H22Cl2N2O5/c1-36-30(35)20-9-12-26(33-15-20)38-22-11-8-18-13-21(10-7-19(18)14-22)37-16-23-28(34-39-29(23)17-5-6-17)27-24(31)3-2-4-25(27)32/h2-4,7-15,17H,5-6,16H2,1H3. The van der Waals surface area contributed by atoms with E-state index in [1.54, 1.807) is 30.3 Å². The average Bonchev–Trinajstić information content (AvgIpc) is 3.71. The number of halogens is 2. The van der Waals surface area contributed by atoms with Crippen molar-refractivity contribution in [2.75, 3.05) is 7.11 Å². The Bertz CT molecular complexity index is 1660. The number of aromatic nitrogens is 2. The lowest BCUT2D eigenvalue weighted by atomic mass is 10.0.